The fraction of sp³-hybridized carbons (Fsp3) is 0.154. The fourth-order valence-electron chi connectivity index (χ4n) is 4.43. The molecule has 0 saturated carbocycles. The lowest BCUT2D eigenvalue weighted by atomic mass is 10.1. The zero-order valence-corrected chi connectivity index (χ0v) is 22.1. The standard InChI is InChI=1S/C26H16Cl4N2O5/c1-12-5-2-3-8-16(12)31-11-13(9-17(31)33)26(36)37-15-7-4-6-14(10-15)32-24(34)18-19(25(32)35)21(28)23(30)22(29)20(18)27/h2-8,10,13H,9,11H2,1H3/t13-/m1/s1. The van der Waals surface area contributed by atoms with E-state index in [1.807, 2.05) is 31.2 Å². The minimum absolute atomic E-state index is 0.00375. The second-order valence-corrected chi connectivity index (χ2v) is 10.1. The van der Waals surface area contributed by atoms with Crippen LogP contribution in [0.3, 0.4) is 0 Å². The van der Waals surface area contributed by atoms with E-state index in [4.69, 9.17) is 51.1 Å². The zero-order valence-electron chi connectivity index (χ0n) is 19.1. The maximum absolute atomic E-state index is 13.1. The highest BCUT2D eigenvalue weighted by Gasteiger charge is 2.43. The van der Waals surface area contributed by atoms with E-state index in [-0.39, 0.29) is 61.5 Å². The first-order valence-electron chi connectivity index (χ1n) is 11.0. The van der Waals surface area contributed by atoms with Crippen molar-refractivity contribution in [2.75, 3.05) is 16.3 Å². The molecule has 3 aromatic carbocycles. The summed E-state index contributed by atoms with van der Waals surface area (Å²) in [7, 11) is 0. The number of ether oxygens (including phenoxy) is 1. The summed E-state index contributed by atoms with van der Waals surface area (Å²) in [5.74, 6) is -2.87. The Morgan fingerprint density at radius 2 is 1.49 bits per heavy atom. The third-order valence-corrected chi connectivity index (χ3v) is 8.06. The number of esters is 1. The molecule has 188 valence electrons. The summed E-state index contributed by atoms with van der Waals surface area (Å²) in [5.41, 5.74) is 1.47. The highest BCUT2D eigenvalue weighted by molar-refractivity contribution is 6.56. The number of hydrogen-bond donors (Lipinski definition) is 0. The summed E-state index contributed by atoms with van der Waals surface area (Å²) in [6.45, 7) is 2.07. The maximum atomic E-state index is 13.1. The van der Waals surface area contributed by atoms with E-state index in [0.717, 1.165) is 16.2 Å². The van der Waals surface area contributed by atoms with Crippen LogP contribution in [0.1, 0.15) is 32.7 Å². The molecule has 0 bridgehead atoms. The second-order valence-electron chi connectivity index (χ2n) is 8.56. The van der Waals surface area contributed by atoms with Crippen LogP contribution in [0.2, 0.25) is 20.1 Å². The largest absolute Gasteiger partial charge is 0.426 e. The van der Waals surface area contributed by atoms with Gasteiger partial charge in [0.2, 0.25) is 5.91 Å². The summed E-state index contributed by atoms with van der Waals surface area (Å²) in [6, 6.07) is 13.3. The average molecular weight is 578 g/mol. The molecule has 37 heavy (non-hydrogen) atoms. The molecular formula is C26H16Cl4N2O5. The molecule has 11 heteroatoms. The molecule has 1 atom stereocenters. The lowest BCUT2D eigenvalue weighted by Crippen LogP contribution is -2.29. The molecule has 2 aliphatic rings. The van der Waals surface area contributed by atoms with Crippen LogP contribution in [0.25, 0.3) is 0 Å². The number of imide groups is 1. The van der Waals surface area contributed by atoms with Crippen molar-refractivity contribution >= 4 is 81.5 Å². The quantitative estimate of drug-likeness (QED) is 0.118. The Balaban J connectivity index is 1.37. The molecule has 0 aliphatic carbocycles. The van der Waals surface area contributed by atoms with E-state index in [1.54, 1.807) is 4.90 Å². The Kier molecular flexibility index (Phi) is 6.66. The molecule has 0 N–H and O–H groups in total. The van der Waals surface area contributed by atoms with Gasteiger partial charge in [0.25, 0.3) is 11.8 Å². The number of fused-ring (bicyclic) bond motifs is 1. The number of nitrogens with zero attached hydrogens (tertiary/aromatic N) is 2. The van der Waals surface area contributed by atoms with Crippen molar-refractivity contribution in [3.8, 4) is 5.75 Å². The Bertz CT molecular complexity index is 1480. The van der Waals surface area contributed by atoms with Crippen LogP contribution >= 0.6 is 46.4 Å². The molecule has 2 aliphatic heterocycles. The highest BCUT2D eigenvalue weighted by atomic mass is 35.5. The Morgan fingerprint density at radius 3 is 2.11 bits per heavy atom. The summed E-state index contributed by atoms with van der Waals surface area (Å²) < 4.78 is 5.53. The lowest BCUT2D eigenvalue weighted by molar-refractivity contribution is -0.139. The van der Waals surface area contributed by atoms with Crippen molar-refractivity contribution in [2.24, 2.45) is 5.92 Å². The number of aryl methyl sites for hydroxylation is 1. The van der Waals surface area contributed by atoms with Crippen molar-refractivity contribution < 1.29 is 23.9 Å². The van der Waals surface area contributed by atoms with Crippen LogP contribution in [-0.2, 0) is 9.59 Å². The number of carbonyl (C=O) groups excluding carboxylic acids is 4. The highest BCUT2D eigenvalue weighted by Crippen LogP contribution is 2.46. The molecule has 1 saturated heterocycles. The SMILES string of the molecule is Cc1ccccc1N1C[C@H](C(=O)Oc2cccc(N3C(=O)c4c(Cl)c(Cl)c(Cl)c(Cl)c4C3=O)c2)CC1=O. The average Bonchev–Trinajstić information content (AvgIpc) is 3.38. The zero-order chi connectivity index (χ0) is 26.6. The van der Waals surface area contributed by atoms with Gasteiger partial charge in [-0.25, -0.2) is 4.90 Å². The number of benzene rings is 3. The molecule has 0 aromatic heterocycles. The fourth-order valence-corrected chi connectivity index (χ4v) is 5.45. The van der Waals surface area contributed by atoms with Crippen LogP contribution in [0.15, 0.2) is 48.5 Å². The number of amides is 3. The summed E-state index contributed by atoms with van der Waals surface area (Å²) in [4.78, 5) is 54.2. The van der Waals surface area contributed by atoms with Crippen molar-refractivity contribution in [2.45, 2.75) is 13.3 Å². The number of para-hydroxylation sites is 1. The molecule has 0 radical (unpaired) electrons. The molecule has 0 unspecified atom stereocenters. The van der Waals surface area contributed by atoms with E-state index in [1.165, 1.54) is 24.3 Å². The van der Waals surface area contributed by atoms with Gasteiger partial charge in [0.15, 0.2) is 0 Å². The third kappa shape index (κ3) is 4.26. The second kappa shape index (κ2) is 9.65. The smallest absolute Gasteiger partial charge is 0.316 e. The molecule has 1 fully saturated rings. The van der Waals surface area contributed by atoms with Crippen molar-refractivity contribution in [1.82, 2.24) is 0 Å². The number of halogens is 4. The monoisotopic (exact) mass is 576 g/mol. The number of carbonyl (C=O) groups is 4. The van der Waals surface area contributed by atoms with E-state index >= 15 is 0 Å². The molecule has 0 spiro atoms. The van der Waals surface area contributed by atoms with Crippen LogP contribution in [0.4, 0.5) is 11.4 Å². The van der Waals surface area contributed by atoms with Crippen LogP contribution < -0.4 is 14.5 Å². The molecule has 5 rings (SSSR count). The minimum atomic E-state index is -0.746. The van der Waals surface area contributed by atoms with Gasteiger partial charge in [0, 0.05) is 24.7 Å². The van der Waals surface area contributed by atoms with Gasteiger partial charge >= 0.3 is 5.97 Å². The molecule has 7 nitrogen and oxygen atoms in total. The number of rotatable bonds is 4. The van der Waals surface area contributed by atoms with Crippen LogP contribution in [0, 0.1) is 12.8 Å². The van der Waals surface area contributed by atoms with E-state index in [9.17, 15) is 19.2 Å². The van der Waals surface area contributed by atoms with Crippen molar-refractivity contribution in [3.05, 3.63) is 85.3 Å². The Morgan fingerprint density at radius 1 is 0.865 bits per heavy atom. The van der Waals surface area contributed by atoms with Crippen molar-refractivity contribution in [1.29, 1.82) is 0 Å². The summed E-state index contributed by atoms with van der Waals surface area (Å²) in [6.07, 6.45) is 0.00375. The predicted octanol–water partition coefficient (Wildman–Crippen LogP) is 6.37. The van der Waals surface area contributed by atoms with Gasteiger partial charge < -0.3 is 9.64 Å². The maximum Gasteiger partial charge on any atom is 0.316 e. The topological polar surface area (TPSA) is 84.0 Å². The molecule has 3 aromatic rings. The van der Waals surface area contributed by atoms with Gasteiger partial charge in [-0.1, -0.05) is 70.7 Å². The Hall–Kier alpha value is -3.10. The van der Waals surface area contributed by atoms with E-state index < -0.39 is 23.7 Å². The summed E-state index contributed by atoms with van der Waals surface area (Å²) >= 11 is 24.5. The van der Waals surface area contributed by atoms with E-state index in [2.05, 4.69) is 0 Å². The molecular weight excluding hydrogens is 562 g/mol. The lowest BCUT2D eigenvalue weighted by Gasteiger charge is -2.19. The summed E-state index contributed by atoms with van der Waals surface area (Å²) in [5, 5.41) is -0.635. The van der Waals surface area contributed by atoms with Crippen LogP contribution in [0.5, 0.6) is 5.75 Å². The number of hydrogen-bond acceptors (Lipinski definition) is 5. The van der Waals surface area contributed by atoms with Crippen LogP contribution in [-0.4, -0.2) is 30.2 Å². The first-order chi connectivity index (χ1) is 17.6. The van der Waals surface area contributed by atoms with Gasteiger partial charge in [-0.2, -0.15) is 0 Å². The normalized spacial score (nSPS) is 17.0. The number of anilines is 2. The van der Waals surface area contributed by atoms with Crippen molar-refractivity contribution in [3.63, 3.8) is 0 Å². The predicted molar refractivity (Wildman–Crippen MR) is 141 cm³/mol. The van der Waals surface area contributed by atoms with Gasteiger partial charge in [0.1, 0.15) is 5.75 Å². The third-order valence-electron chi connectivity index (χ3n) is 6.26. The first kappa shape index (κ1) is 25.5. The first-order valence-corrected chi connectivity index (χ1v) is 12.5. The van der Waals surface area contributed by atoms with E-state index in [0.29, 0.717) is 0 Å². The Labute approximate surface area is 231 Å². The van der Waals surface area contributed by atoms with Gasteiger partial charge in [-0.05, 0) is 30.7 Å². The molecule has 3 amide bonds. The molecule has 2 heterocycles. The van der Waals surface area contributed by atoms with Gasteiger partial charge in [-0.3, -0.25) is 19.2 Å². The minimum Gasteiger partial charge on any atom is -0.426 e. The van der Waals surface area contributed by atoms with Gasteiger partial charge in [-0.15, -0.1) is 0 Å². The van der Waals surface area contributed by atoms with Gasteiger partial charge in [0.05, 0.1) is 42.8 Å².